The van der Waals surface area contributed by atoms with E-state index in [9.17, 15) is 0 Å². The smallest absolute Gasteiger partial charge is 0.0912 e. The van der Waals surface area contributed by atoms with Crippen LogP contribution in [0.1, 0.15) is 5.56 Å². The van der Waals surface area contributed by atoms with Crippen molar-refractivity contribution in [2.24, 2.45) is 5.73 Å². The Morgan fingerprint density at radius 3 is 2.60 bits per heavy atom. The zero-order chi connectivity index (χ0) is 10.7. The monoisotopic (exact) mass is 225 g/mol. The van der Waals surface area contributed by atoms with Crippen LogP contribution < -0.4 is 10.6 Å². The third-order valence-electron chi connectivity index (χ3n) is 2.85. The van der Waals surface area contributed by atoms with Gasteiger partial charge >= 0.3 is 0 Å². The normalized spacial score (nSPS) is 18.4. The number of aryl methyl sites for hydroxylation is 1. The van der Waals surface area contributed by atoms with Gasteiger partial charge in [0.15, 0.2) is 0 Å². The molecule has 1 aliphatic rings. The Labute approximate surface area is 95.5 Å². The van der Waals surface area contributed by atoms with Gasteiger partial charge in [-0.25, -0.2) is 0 Å². The molecule has 0 aromatic carbocycles. The highest BCUT2D eigenvalue weighted by Crippen LogP contribution is 2.25. The van der Waals surface area contributed by atoms with Crippen LogP contribution in [0.15, 0.2) is 11.4 Å². The second kappa shape index (κ2) is 4.96. The van der Waals surface area contributed by atoms with Crippen molar-refractivity contribution in [1.82, 2.24) is 4.90 Å². The van der Waals surface area contributed by atoms with Crippen LogP contribution in [0.5, 0.6) is 0 Å². The van der Waals surface area contributed by atoms with Crippen LogP contribution >= 0.6 is 11.3 Å². The molecule has 4 heteroatoms. The average Bonchev–Trinajstić information content (AvgIpc) is 2.67. The van der Waals surface area contributed by atoms with Gasteiger partial charge in [0.1, 0.15) is 0 Å². The summed E-state index contributed by atoms with van der Waals surface area (Å²) in [5.41, 5.74) is 6.93. The van der Waals surface area contributed by atoms with Crippen LogP contribution in [0.3, 0.4) is 0 Å². The molecular formula is C11H19N3S. The molecular weight excluding hydrogens is 206 g/mol. The van der Waals surface area contributed by atoms with Gasteiger partial charge in [-0.3, -0.25) is 4.90 Å². The van der Waals surface area contributed by atoms with E-state index in [-0.39, 0.29) is 0 Å². The highest BCUT2D eigenvalue weighted by molar-refractivity contribution is 7.14. The number of hydrogen-bond acceptors (Lipinski definition) is 4. The molecule has 1 aromatic rings. The van der Waals surface area contributed by atoms with Crippen LogP contribution in [0.2, 0.25) is 0 Å². The molecule has 15 heavy (non-hydrogen) atoms. The summed E-state index contributed by atoms with van der Waals surface area (Å²) in [5, 5.41) is 3.64. The van der Waals surface area contributed by atoms with Gasteiger partial charge in [-0.2, -0.15) is 0 Å². The summed E-state index contributed by atoms with van der Waals surface area (Å²) < 4.78 is 0. The van der Waals surface area contributed by atoms with Crippen molar-refractivity contribution >= 4 is 16.3 Å². The topological polar surface area (TPSA) is 32.5 Å². The second-order valence-corrected chi connectivity index (χ2v) is 4.97. The minimum absolute atomic E-state index is 0.776. The predicted octanol–water partition coefficient (Wildman–Crippen LogP) is 1.14. The van der Waals surface area contributed by atoms with Crippen LogP contribution in [-0.2, 0) is 0 Å². The molecule has 2 N–H and O–H groups in total. The van der Waals surface area contributed by atoms with E-state index in [1.807, 2.05) is 11.3 Å². The third-order valence-corrected chi connectivity index (χ3v) is 3.95. The maximum atomic E-state index is 5.56. The molecule has 2 rings (SSSR count). The largest absolute Gasteiger partial charge is 0.361 e. The summed E-state index contributed by atoms with van der Waals surface area (Å²) in [6.07, 6.45) is 0. The fourth-order valence-electron chi connectivity index (χ4n) is 1.96. The zero-order valence-corrected chi connectivity index (χ0v) is 10.1. The number of nitrogens with zero attached hydrogens (tertiary/aromatic N) is 2. The number of rotatable bonds is 3. The van der Waals surface area contributed by atoms with Gasteiger partial charge in [-0.15, -0.1) is 11.3 Å². The molecule has 2 heterocycles. The maximum absolute atomic E-state index is 5.56. The molecule has 0 unspecified atom stereocenters. The lowest BCUT2D eigenvalue weighted by molar-refractivity contribution is 0.265. The van der Waals surface area contributed by atoms with E-state index in [0.29, 0.717) is 0 Å². The van der Waals surface area contributed by atoms with Crippen molar-refractivity contribution in [3.05, 3.63) is 17.0 Å². The molecule has 1 saturated heterocycles. The van der Waals surface area contributed by atoms with Crippen molar-refractivity contribution in [3.63, 3.8) is 0 Å². The first-order chi connectivity index (χ1) is 7.29. The molecule has 0 spiro atoms. The molecule has 0 saturated carbocycles. The van der Waals surface area contributed by atoms with Crippen LogP contribution in [0.25, 0.3) is 0 Å². The molecule has 1 aliphatic heterocycles. The summed E-state index contributed by atoms with van der Waals surface area (Å²) in [4.78, 5) is 4.92. The minimum Gasteiger partial charge on any atom is -0.361 e. The molecule has 84 valence electrons. The minimum atomic E-state index is 0.776. The van der Waals surface area contributed by atoms with E-state index < -0.39 is 0 Å². The van der Waals surface area contributed by atoms with Gasteiger partial charge < -0.3 is 10.6 Å². The molecule has 0 bridgehead atoms. The van der Waals surface area contributed by atoms with Crippen molar-refractivity contribution in [2.45, 2.75) is 6.92 Å². The molecule has 1 aromatic heterocycles. The van der Waals surface area contributed by atoms with Crippen molar-refractivity contribution in [1.29, 1.82) is 0 Å². The number of piperazine rings is 1. The lowest BCUT2D eigenvalue weighted by Gasteiger charge is -2.35. The van der Waals surface area contributed by atoms with Gasteiger partial charge in [0.25, 0.3) is 0 Å². The number of nitrogens with two attached hydrogens (primary N) is 1. The van der Waals surface area contributed by atoms with E-state index in [1.165, 1.54) is 10.6 Å². The Bertz CT molecular complexity index is 303. The fraction of sp³-hybridized carbons (Fsp3) is 0.636. The molecule has 0 radical (unpaired) electrons. The average molecular weight is 225 g/mol. The Morgan fingerprint density at radius 2 is 2.07 bits per heavy atom. The van der Waals surface area contributed by atoms with E-state index in [1.54, 1.807) is 0 Å². The standard InChI is InChI=1S/C11H19N3S/c1-10-8-11(15-9-10)14-6-4-13(3-2-12)5-7-14/h8-9H,2-7,12H2,1H3. The fourth-order valence-corrected chi connectivity index (χ4v) is 2.92. The SMILES string of the molecule is Cc1csc(N2CCN(CCN)CC2)c1. The summed E-state index contributed by atoms with van der Waals surface area (Å²) in [5.74, 6) is 0. The summed E-state index contributed by atoms with van der Waals surface area (Å²) in [7, 11) is 0. The lowest BCUT2D eigenvalue weighted by Crippen LogP contribution is -2.47. The quantitative estimate of drug-likeness (QED) is 0.837. The number of hydrogen-bond donors (Lipinski definition) is 1. The number of anilines is 1. The Balaban J connectivity index is 1.88. The summed E-state index contributed by atoms with van der Waals surface area (Å²) in [6, 6.07) is 2.28. The third kappa shape index (κ3) is 2.71. The van der Waals surface area contributed by atoms with Gasteiger partial charge in [-0.1, -0.05) is 0 Å². The van der Waals surface area contributed by atoms with E-state index in [2.05, 4.69) is 28.2 Å². The molecule has 3 nitrogen and oxygen atoms in total. The van der Waals surface area contributed by atoms with E-state index in [0.717, 1.165) is 39.3 Å². The lowest BCUT2D eigenvalue weighted by atomic mass is 10.3. The Hall–Kier alpha value is -0.580. The first-order valence-electron chi connectivity index (χ1n) is 5.52. The van der Waals surface area contributed by atoms with Crippen LogP contribution in [0, 0.1) is 6.92 Å². The highest BCUT2D eigenvalue weighted by atomic mass is 32.1. The van der Waals surface area contributed by atoms with Gasteiger partial charge in [0.2, 0.25) is 0 Å². The number of thiophene rings is 1. The highest BCUT2D eigenvalue weighted by Gasteiger charge is 2.17. The van der Waals surface area contributed by atoms with Crippen LogP contribution in [-0.4, -0.2) is 44.2 Å². The summed E-state index contributed by atoms with van der Waals surface area (Å²) in [6.45, 7) is 8.54. The zero-order valence-electron chi connectivity index (χ0n) is 9.28. The van der Waals surface area contributed by atoms with Crippen molar-refractivity contribution in [2.75, 3.05) is 44.2 Å². The molecule has 0 atom stereocenters. The first kappa shape index (κ1) is 10.9. The molecule has 1 fully saturated rings. The Morgan fingerprint density at radius 1 is 1.33 bits per heavy atom. The van der Waals surface area contributed by atoms with E-state index >= 15 is 0 Å². The van der Waals surface area contributed by atoms with Gasteiger partial charge in [0.05, 0.1) is 5.00 Å². The summed E-state index contributed by atoms with van der Waals surface area (Å²) >= 11 is 1.85. The van der Waals surface area contributed by atoms with Crippen LogP contribution in [0.4, 0.5) is 5.00 Å². The Kier molecular flexibility index (Phi) is 3.61. The van der Waals surface area contributed by atoms with E-state index in [4.69, 9.17) is 5.73 Å². The van der Waals surface area contributed by atoms with Crippen molar-refractivity contribution < 1.29 is 0 Å². The van der Waals surface area contributed by atoms with Gasteiger partial charge in [0, 0.05) is 39.3 Å². The molecule has 0 aliphatic carbocycles. The molecule has 0 amide bonds. The van der Waals surface area contributed by atoms with Gasteiger partial charge in [-0.05, 0) is 23.9 Å². The van der Waals surface area contributed by atoms with Crippen molar-refractivity contribution in [3.8, 4) is 0 Å². The second-order valence-electron chi connectivity index (χ2n) is 4.08. The predicted molar refractivity (Wildman–Crippen MR) is 66.8 cm³/mol. The first-order valence-corrected chi connectivity index (χ1v) is 6.40. The maximum Gasteiger partial charge on any atom is 0.0912 e.